The minimum atomic E-state index is -0.0643. The Morgan fingerprint density at radius 3 is 2.57 bits per heavy atom. The number of fused-ring (bicyclic) bond motifs is 1. The predicted molar refractivity (Wildman–Crippen MR) is 86.9 cm³/mol. The fraction of sp³-hybridized carbons (Fsp3) is 0.316. The van der Waals surface area contributed by atoms with E-state index in [0.29, 0.717) is 23.6 Å². The lowest BCUT2D eigenvalue weighted by molar-refractivity contribution is 0.0927. The summed E-state index contributed by atoms with van der Waals surface area (Å²) in [5.41, 5.74) is 2.02. The third-order valence-corrected chi connectivity index (χ3v) is 4.92. The largest absolute Gasteiger partial charge is 0.454 e. The summed E-state index contributed by atoms with van der Waals surface area (Å²) in [6, 6.07) is 15.8. The third kappa shape index (κ3) is 2.54. The van der Waals surface area contributed by atoms with E-state index in [1.165, 1.54) is 12.0 Å². The van der Waals surface area contributed by atoms with Crippen LogP contribution in [0.5, 0.6) is 11.5 Å². The summed E-state index contributed by atoms with van der Waals surface area (Å²) in [7, 11) is 0. The molecular formula is C19H19NO3. The lowest BCUT2D eigenvalue weighted by Crippen LogP contribution is -2.45. The number of hydrogen-bond donors (Lipinski definition) is 1. The van der Waals surface area contributed by atoms with Gasteiger partial charge in [0.25, 0.3) is 5.91 Å². The molecule has 1 fully saturated rings. The van der Waals surface area contributed by atoms with Crippen LogP contribution in [0.4, 0.5) is 0 Å². The van der Waals surface area contributed by atoms with Gasteiger partial charge in [-0.25, -0.2) is 0 Å². The van der Waals surface area contributed by atoms with Crippen molar-refractivity contribution in [1.29, 1.82) is 0 Å². The van der Waals surface area contributed by atoms with Gasteiger partial charge < -0.3 is 14.8 Å². The van der Waals surface area contributed by atoms with E-state index < -0.39 is 0 Å². The van der Waals surface area contributed by atoms with Gasteiger partial charge in [0.15, 0.2) is 11.5 Å². The number of benzene rings is 2. The van der Waals surface area contributed by atoms with Crippen molar-refractivity contribution >= 4 is 5.91 Å². The molecule has 1 N–H and O–H groups in total. The van der Waals surface area contributed by atoms with E-state index in [2.05, 4.69) is 29.6 Å². The Hall–Kier alpha value is -2.49. The molecule has 23 heavy (non-hydrogen) atoms. The van der Waals surface area contributed by atoms with Gasteiger partial charge in [-0.15, -0.1) is 0 Å². The Bertz CT molecular complexity index is 723. The topological polar surface area (TPSA) is 47.6 Å². The summed E-state index contributed by atoms with van der Waals surface area (Å²) >= 11 is 0. The number of hydrogen-bond acceptors (Lipinski definition) is 3. The van der Waals surface area contributed by atoms with Crippen molar-refractivity contribution in [2.24, 2.45) is 0 Å². The van der Waals surface area contributed by atoms with Crippen LogP contribution in [-0.2, 0) is 5.41 Å². The molecular weight excluding hydrogens is 290 g/mol. The monoisotopic (exact) mass is 309 g/mol. The molecule has 0 bridgehead atoms. The molecule has 0 saturated heterocycles. The van der Waals surface area contributed by atoms with Gasteiger partial charge in [0.1, 0.15) is 0 Å². The van der Waals surface area contributed by atoms with E-state index in [-0.39, 0.29) is 18.1 Å². The minimum absolute atomic E-state index is 0.0643. The van der Waals surface area contributed by atoms with Crippen LogP contribution >= 0.6 is 0 Å². The molecule has 0 aromatic heterocycles. The summed E-state index contributed by atoms with van der Waals surface area (Å²) in [4.78, 5) is 12.5. The molecule has 1 heterocycles. The van der Waals surface area contributed by atoms with E-state index in [9.17, 15) is 4.79 Å². The zero-order valence-electron chi connectivity index (χ0n) is 12.9. The van der Waals surface area contributed by atoms with Gasteiger partial charge in [-0.05, 0) is 36.6 Å². The molecule has 0 spiro atoms. The Morgan fingerprint density at radius 2 is 1.83 bits per heavy atom. The van der Waals surface area contributed by atoms with Crippen molar-refractivity contribution in [3.63, 3.8) is 0 Å². The Morgan fingerprint density at radius 1 is 1.04 bits per heavy atom. The normalized spacial score (nSPS) is 17.4. The summed E-state index contributed by atoms with van der Waals surface area (Å²) in [6.45, 7) is 0.891. The third-order valence-electron chi connectivity index (χ3n) is 4.92. The van der Waals surface area contributed by atoms with Crippen molar-refractivity contribution < 1.29 is 14.3 Å². The van der Waals surface area contributed by atoms with Crippen LogP contribution in [0.1, 0.15) is 35.2 Å². The fourth-order valence-electron chi connectivity index (χ4n) is 3.35. The van der Waals surface area contributed by atoms with Gasteiger partial charge in [-0.3, -0.25) is 4.79 Å². The Balaban J connectivity index is 1.47. The standard InChI is InChI=1S/C19H19NO3/c21-18(14-7-8-16-17(11-14)23-13-22-16)20-12-19(9-4-10-19)15-5-2-1-3-6-15/h1-3,5-8,11H,4,9-10,12-13H2,(H,20,21). The minimum Gasteiger partial charge on any atom is -0.454 e. The fourth-order valence-corrected chi connectivity index (χ4v) is 3.35. The van der Waals surface area contributed by atoms with Gasteiger partial charge in [-0.1, -0.05) is 36.8 Å². The molecule has 2 aliphatic rings. The quantitative estimate of drug-likeness (QED) is 0.943. The van der Waals surface area contributed by atoms with Crippen molar-refractivity contribution in [2.75, 3.05) is 13.3 Å². The molecule has 1 aliphatic heterocycles. The lowest BCUT2D eigenvalue weighted by Gasteiger charge is -2.42. The van der Waals surface area contributed by atoms with Crippen molar-refractivity contribution in [3.05, 3.63) is 59.7 Å². The van der Waals surface area contributed by atoms with E-state index >= 15 is 0 Å². The highest BCUT2D eigenvalue weighted by molar-refractivity contribution is 5.95. The second kappa shape index (κ2) is 5.61. The maximum atomic E-state index is 12.5. The number of ether oxygens (including phenoxy) is 2. The first-order valence-electron chi connectivity index (χ1n) is 8.00. The molecule has 1 aliphatic carbocycles. The number of carbonyl (C=O) groups excluding carboxylic acids is 1. The number of rotatable bonds is 4. The molecule has 1 amide bonds. The van der Waals surface area contributed by atoms with Gasteiger partial charge in [0.05, 0.1) is 0 Å². The van der Waals surface area contributed by atoms with Crippen LogP contribution < -0.4 is 14.8 Å². The van der Waals surface area contributed by atoms with Crippen molar-refractivity contribution in [3.8, 4) is 11.5 Å². The summed E-state index contributed by atoms with van der Waals surface area (Å²) < 4.78 is 10.6. The maximum absolute atomic E-state index is 12.5. The van der Waals surface area contributed by atoms with E-state index in [1.54, 1.807) is 18.2 Å². The summed E-state index contributed by atoms with van der Waals surface area (Å²) in [5, 5.41) is 3.10. The first-order chi connectivity index (χ1) is 11.3. The second-order valence-corrected chi connectivity index (χ2v) is 6.25. The molecule has 118 valence electrons. The van der Waals surface area contributed by atoms with Crippen LogP contribution in [0.25, 0.3) is 0 Å². The van der Waals surface area contributed by atoms with Crippen LogP contribution in [0.3, 0.4) is 0 Å². The Labute approximate surface area is 135 Å². The van der Waals surface area contributed by atoms with Crippen LogP contribution in [0.15, 0.2) is 48.5 Å². The second-order valence-electron chi connectivity index (χ2n) is 6.25. The zero-order valence-corrected chi connectivity index (χ0v) is 12.9. The highest BCUT2D eigenvalue weighted by Gasteiger charge is 2.38. The van der Waals surface area contributed by atoms with E-state index in [1.807, 2.05) is 6.07 Å². The smallest absolute Gasteiger partial charge is 0.251 e. The molecule has 4 heteroatoms. The molecule has 2 aromatic rings. The van der Waals surface area contributed by atoms with Gasteiger partial charge in [0, 0.05) is 17.5 Å². The molecule has 4 nitrogen and oxygen atoms in total. The average molecular weight is 309 g/mol. The predicted octanol–water partition coefficient (Wildman–Crippen LogP) is 3.27. The van der Waals surface area contributed by atoms with Crippen molar-refractivity contribution in [1.82, 2.24) is 5.32 Å². The molecule has 1 saturated carbocycles. The zero-order chi connectivity index (χ0) is 15.7. The highest BCUT2D eigenvalue weighted by Crippen LogP contribution is 2.43. The molecule has 0 radical (unpaired) electrons. The first kappa shape index (κ1) is 14.1. The molecule has 4 rings (SSSR count). The molecule has 0 atom stereocenters. The SMILES string of the molecule is O=C(NCC1(c2ccccc2)CCC1)c1ccc2c(c1)OCO2. The van der Waals surface area contributed by atoms with Crippen LogP contribution in [-0.4, -0.2) is 19.2 Å². The number of amides is 1. The molecule has 2 aromatic carbocycles. The van der Waals surface area contributed by atoms with Gasteiger partial charge in [-0.2, -0.15) is 0 Å². The van der Waals surface area contributed by atoms with Crippen LogP contribution in [0.2, 0.25) is 0 Å². The van der Waals surface area contributed by atoms with Gasteiger partial charge >= 0.3 is 0 Å². The summed E-state index contributed by atoms with van der Waals surface area (Å²) in [6.07, 6.45) is 3.46. The van der Waals surface area contributed by atoms with E-state index in [4.69, 9.17) is 9.47 Å². The van der Waals surface area contributed by atoms with Crippen molar-refractivity contribution in [2.45, 2.75) is 24.7 Å². The highest BCUT2D eigenvalue weighted by atomic mass is 16.7. The summed E-state index contributed by atoms with van der Waals surface area (Å²) in [5.74, 6) is 1.27. The first-order valence-corrected chi connectivity index (χ1v) is 8.00. The number of nitrogens with one attached hydrogen (secondary N) is 1. The molecule has 0 unspecified atom stereocenters. The Kier molecular flexibility index (Phi) is 3.45. The lowest BCUT2D eigenvalue weighted by atomic mass is 9.64. The average Bonchev–Trinajstić information content (AvgIpc) is 3.02. The maximum Gasteiger partial charge on any atom is 0.251 e. The van der Waals surface area contributed by atoms with E-state index in [0.717, 1.165) is 12.8 Å². The van der Waals surface area contributed by atoms with Gasteiger partial charge in [0.2, 0.25) is 6.79 Å². The van der Waals surface area contributed by atoms with Crippen LogP contribution in [0, 0.1) is 0 Å². The number of carbonyl (C=O) groups is 1.